The molecule has 4 heteroatoms. The SMILES string of the molecule is c1ccc(-n2c(SCc3ccccn3)nc3ccccc32)cc1. The van der Waals surface area contributed by atoms with E-state index in [1.807, 2.05) is 36.5 Å². The Morgan fingerprint density at radius 1 is 0.826 bits per heavy atom. The predicted molar refractivity (Wildman–Crippen MR) is 94.9 cm³/mol. The molecular weight excluding hydrogens is 302 g/mol. The summed E-state index contributed by atoms with van der Waals surface area (Å²) in [5.74, 6) is 0.803. The molecule has 0 aliphatic carbocycles. The molecule has 0 radical (unpaired) electrons. The fourth-order valence-corrected chi connectivity index (χ4v) is 3.49. The van der Waals surface area contributed by atoms with Crippen molar-refractivity contribution in [1.29, 1.82) is 0 Å². The molecule has 2 aromatic carbocycles. The van der Waals surface area contributed by atoms with E-state index in [0.29, 0.717) is 0 Å². The van der Waals surface area contributed by atoms with Gasteiger partial charge in [0.2, 0.25) is 0 Å². The number of rotatable bonds is 4. The van der Waals surface area contributed by atoms with Crippen LogP contribution < -0.4 is 0 Å². The van der Waals surface area contributed by atoms with Crippen LogP contribution in [0.1, 0.15) is 5.69 Å². The minimum atomic E-state index is 0.803. The smallest absolute Gasteiger partial charge is 0.174 e. The van der Waals surface area contributed by atoms with Crippen molar-refractivity contribution >= 4 is 22.8 Å². The van der Waals surface area contributed by atoms with Gasteiger partial charge in [0, 0.05) is 17.6 Å². The van der Waals surface area contributed by atoms with Crippen LogP contribution in [0, 0.1) is 0 Å². The topological polar surface area (TPSA) is 30.7 Å². The largest absolute Gasteiger partial charge is 0.287 e. The van der Waals surface area contributed by atoms with Gasteiger partial charge >= 0.3 is 0 Å². The van der Waals surface area contributed by atoms with Crippen LogP contribution in [-0.2, 0) is 5.75 Å². The van der Waals surface area contributed by atoms with Gasteiger partial charge in [-0.25, -0.2) is 4.98 Å². The molecule has 0 atom stereocenters. The lowest BCUT2D eigenvalue weighted by Crippen LogP contribution is -1.96. The molecule has 0 aliphatic rings. The van der Waals surface area contributed by atoms with Crippen molar-refractivity contribution in [2.24, 2.45) is 0 Å². The first-order valence-corrected chi connectivity index (χ1v) is 8.46. The number of pyridine rings is 1. The zero-order chi connectivity index (χ0) is 15.5. The van der Waals surface area contributed by atoms with Crippen LogP contribution in [0.2, 0.25) is 0 Å². The van der Waals surface area contributed by atoms with Crippen LogP contribution >= 0.6 is 11.8 Å². The van der Waals surface area contributed by atoms with Crippen LogP contribution in [0.25, 0.3) is 16.7 Å². The quantitative estimate of drug-likeness (QED) is 0.511. The van der Waals surface area contributed by atoms with Crippen molar-refractivity contribution in [3.8, 4) is 5.69 Å². The molecule has 0 saturated heterocycles. The zero-order valence-corrected chi connectivity index (χ0v) is 13.3. The van der Waals surface area contributed by atoms with Crippen molar-refractivity contribution in [3.63, 3.8) is 0 Å². The van der Waals surface area contributed by atoms with Crippen LogP contribution in [-0.4, -0.2) is 14.5 Å². The molecule has 0 saturated carbocycles. The molecule has 0 aliphatic heterocycles. The maximum Gasteiger partial charge on any atom is 0.174 e. The number of aromatic nitrogens is 3. The second-order valence-electron chi connectivity index (χ2n) is 5.16. The first-order chi connectivity index (χ1) is 11.4. The number of benzene rings is 2. The maximum atomic E-state index is 4.80. The Hall–Kier alpha value is -2.59. The minimum Gasteiger partial charge on any atom is -0.287 e. The van der Waals surface area contributed by atoms with Crippen LogP contribution in [0.15, 0.2) is 84.1 Å². The summed E-state index contributed by atoms with van der Waals surface area (Å²) in [6.45, 7) is 0. The van der Waals surface area contributed by atoms with Crippen molar-refractivity contribution < 1.29 is 0 Å². The van der Waals surface area contributed by atoms with E-state index >= 15 is 0 Å². The number of para-hydroxylation sites is 3. The van der Waals surface area contributed by atoms with Crippen LogP contribution in [0.4, 0.5) is 0 Å². The fraction of sp³-hybridized carbons (Fsp3) is 0.0526. The van der Waals surface area contributed by atoms with Gasteiger partial charge in [-0.05, 0) is 36.4 Å². The molecule has 4 rings (SSSR count). The lowest BCUT2D eigenvalue weighted by molar-refractivity contribution is 0.918. The van der Waals surface area contributed by atoms with E-state index in [0.717, 1.165) is 33.3 Å². The fourth-order valence-electron chi connectivity index (χ4n) is 2.55. The summed E-state index contributed by atoms with van der Waals surface area (Å²) < 4.78 is 2.21. The first-order valence-electron chi connectivity index (χ1n) is 7.47. The molecule has 2 aromatic heterocycles. The molecule has 0 amide bonds. The van der Waals surface area contributed by atoms with E-state index in [2.05, 4.69) is 52.0 Å². The molecular formula is C19H15N3S. The van der Waals surface area contributed by atoms with Crippen molar-refractivity contribution in [1.82, 2.24) is 14.5 Å². The molecule has 0 unspecified atom stereocenters. The Kier molecular flexibility index (Phi) is 3.82. The molecule has 0 fully saturated rings. The Labute approximate surface area is 139 Å². The summed E-state index contributed by atoms with van der Waals surface area (Å²) in [4.78, 5) is 9.19. The van der Waals surface area contributed by atoms with Crippen LogP contribution in [0.3, 0.4) is 0 Å². The van der Waals surface area contributed by atoms with Gasteiger partial charge in [0.15, 0.2) is 5.16 Å². The highest BCUT2D eigenvalue weighted by Crippen LogP contribution is 2.29. The van der Waals surface area contributed by atoms with E-state index in [1.54, 1.807) is 11.8 Å². The Morgan fingerprint density at radius 2 is 1.61 bits per heavy atom. The molecule has 4 aromatic rings. The third-order valence-electron chi connectivity index (χ3n) is 3.62. The van der Waals surface area contributed by atoms with Crippen molar-refractivity contribution in [2.75, 3.05) is 0 Å². The highest BCUT2D eigenvalue weighted by atomic mass is 32.2. The number of hydrogen-bond donors (Lipinski definition) is 0. The Bertz CT molecular complexity index is 917. The molecule has 23 heavy (non-hydrogen) atoms. The summed E-state index contributed by atoms with van der Waals surface area (Å²) in [5, 5.41) is 0.989. The summed E-state index contributed by atoms with van der Waals surface area (Å²) in [6.07, 6.45) is 1.83. The minimum absolute atomic E-state index is 0.803. The number of nitrogens with zero attached hydrogens (tertiary/aromatic N) is 3. The second-order valence-corrected chi connectivity index (χ2v) is 6.11. The van der Waals surface area contributed by atoms with Crippen LogP contribution in [0.5, 0.6) is 0 Å². The normalized spacial score (nSPS) is 11.0. The average molecular weight is 317 g/mol. The van der Waals surface area contributed by atoms with Gasteiger partial charge in [0.25, 0.3) is 0 Å². The second kappa shape index (κ2) is 6.26. The van der Waals surface area contributed by atoms with Gasteiger partial charge in [0.05, 0.1) is 16.7 Å². The zero-order valence-electron chi connectivity index (χ0n) is 12.5. The third kappa shape index (κ3) is 2.85. The van der Waals surface area contributed by atoms with Gasteiger partial charge in [-0.1, -0.05) is 48.2 Å². The third-order valence-corrected chi connectivity index (χ3v) is 4.59. The van der Waals surface area contributed by atoms with E-state index < -0.39 is 0 Å². The lowest BCUT2D eigenvalue weighted by atomic mass is 10.3. The predicted octanol–water partition coefficient (Wildman–Crippen LogP) is 4.71. The maximum absolute atomic E-state index is 4.80. The number of hydrogen-bond acceptors (Lipinski definition) is 3. The Balaban J connectivity index is 1.76. The van der Waals surface area contributed by atoms with Gasteiger partial charge in [-0.15, -0.1) is 0 Å². The van der Waals surface area contributed by atoms with Gasteiger partial charge in [-0.2, -0.15) is 0 Å². The Morgan fingerprint density at radius 3 is 2.43 bits per heavy atom. The first kappa shape index (κ1) is 14.0. The number of thioether (sulfide) groups is 1. The lowest BCUT2D eigenvalue weighted by Gasteiger charge is -2.08. The summed E-state index contributed by atoms with van der Waals surface area (Å²) >= 11 is 1.71. The van der Waals surface area contributed by atoms with Gasteiger partial charge < -0.3 is 0 Å². The number of fused-ring (bicyclic) bond motifs is 1. The summed E-state index contributed by atoms with van der Waals surface area (Å²) in [6, 6.07) is 24.6. The summed E-state index contributed by atoms with van der Waals surface area (Å²) in [5.41, 5.74) is 4.33. The molecule has 112 valence electrons. The highest BCUT2D eigenvalue weighted by molar-refractivity contribution is 7.98. The molecule has 3 nitrogen and oxygen atoms in total. The van der Waals surface area contributed by atoms with Gasteiger partial charge in [-0.3, -0.25) is 9.55 Å². The average Bonchev–Trinajstić information content (AvgIpc) is 3.00. The van der Waals surface area contributed by atoms with E-state index in [9.17, 15) is 0 Å². The molecule has 0 bridgehead atoms. The molecule has 2 heterocycles. The van der Waals surface area contributed by atoms with E-state index in [4.69, 9.17) is 4.98 Å². The monoisotopic (exact) mass is 317 g/mol. The highest BCUT2D eigenvalue weighted by Gasteiger charge is 2.12. The van der Waals surface area contributed by atoms with E-state index in [1.165, 1.54) is 0 Å². The van der Waals surface area contributed by atoms with Crippen molar-refractivity contribution in [3.05, 3.63) is 84.7 Å². The van der Waals surface area contributed by atoms with E-state index in [-0.39, 0.29) is 0 Å². The number of imidazole rings is 1. The molecule has 0 N–H and O–H groups in total. The molecule has 0 spiro atoms. The summed E-state index contributed by atoms with van der Waals surface area (Å²) in [7, 11) is 0. The van der Waals surface area contributed by atoms with Gasteiger partial charge in [0.1, 0.15) is 0 Å². The standard InChI is InChI=1S/C19H15N3S/c1-2-9-16(10-3-1)22-18-12-5-4-11-17(18)21-19(22)23-14-15-8-6-7-13-20-15/h1-13H,14H2. The van der Waals surface area contributed by atoms with Crippen molar-refractivity contribution in [2.45, 2.75) is 10.9 Å².